The van der Waals surface area contributed by atoms with Crippen molar-refractivity contribution in [2.75, 3.05) is 20.2 Å². The molecular weight excluding hydrogens is 256 g/mol. The molecule has 0 aromatic carbocycles. The topological polar surface area (TPSA) is 59.4 Å². The molecule has 2 heterocycles. The quantitative estimate of drug-likeness (QED) is 0.839. The molecule has 1 N–H and O–H groups in total. The van der Waals surface area contributed by atoms with Crippen molar-refractivity contribution in [2.45, 2.75) is 39.3 Å². The van der Waals surface area contributed by atoms with Crippen molar-refractivity contribution in [3.63, 3.8) is 0 Å². The van der Waals surface area contributed by atoms with Crippen LogP contribution in [0, 0.1) is 6.92 Å². The van der Waals surface area contributed by atoms with E-state index in [4.69, 9.17) is 4.74 Å². The number of aryl methyl sites for hydroxylation is 2. The summed E-state index contributed by atoms with van der Waals surface area (Å²) in [6.07, 6.45) is 1.68. The summed E-state index contributed by atoms with van der Waals surface area (Å²) in [5.41, 5.74) is 2.05. The molecular formula is C14H24N4O2. The standard InChI is InChI=1S/C14H24N4O2/c1-10(9-18-7-5-6-13(18)19)15-8-12-11(2)16-17(3)14(12)20-4/h10,15H,5-9H2,1-4H3. The van der Waals surface area contributed by atoms with Crippen LogP contribution in [0.3, 0.4) is 0 Å². The number of nitrogens with one attached hydrogen (secondary N) is 1. The first-order valence-corrected chi connectivity index (χ1v) is 7.10. The van der Waals surface area contributed by atoms with E-state index < -0.39 is 0 Å². The molecule has 2 rings (SSSR count). The van der Waals surface area contributed by atoms with Gasteiger partial charge < -0.3 is 15.0 Å². The minimum absolute atomic E-state index is 0.251. The van der Waals surface area contributed by atoms with E-state index >= 15 is 0 Å². The average molecular weight is 280 g/mol. The fourth-order valence-corrected chi connectivity index (χ4v) is 2.71. The summed E-state index contributed by atoms with van der Waals surface area (Å²) in [4.78, 5) is 13.5. The number of methoxy groups -OCH3 is 1. The van der Waals surface area contributed by atoms with Gasteiger partial charge >= 0.3 is 0 Å². The molecule has 1 saturated heterocycles. The summed E-state index contributed by atoms with van der Waals surface area (Å²) < 4.78 is 7.13. The van der Waals surface area contributed by atoms with Gasteiger partial charge in [-0.05, 0) is 20.3 Å². The van der Waals surface area contributed by atoms with Crippen LogP contribution in [0.2, 0.25) is 0 Å². The molecule has 1 aliphatic rings. The van der Waals surface area contributed by atoms with Crippen molar-refractivity contribution in [3.8, 4) is 5.88 Å². The van der Waals surface area contributed by atoms with Crippen LogP contribution in [-0.2, 0) is 18.4 Å². The lowest BCUT2D eigenvalue weighted by molar-refractivity contribution is -0.127. The zero-order valence-corrected chi connectivity index (χ0v) is 12.8. The van der Waals surface area contributed by atoms with Gasteiger partial charge in [0.25, 0.3) is 0 Å². The Hall–Kier alpha value is -1.56. The van der Waals surface area contributed by atoms with Gasteiger partial charge in [-0.1, -0.05) is 0 Å². The monoisotopic (exact) mass is 280 g/mol. The Balaban J connectivity index is 1.90. The van der Waals surface area contributed by atoms with Crippen LogP contribution in [-0.4, -0.2) is 46.8 Å². The van der Waals surface area contributed by atoms with E-state index in [2.05, 4.69) is 17.3 Å². The summed E-state index contributed by atoms with van der Waals surface area (Å²) in [5.74, 6) is 1.06. The molecule has 112 valence electrons. The summed E-state index contributed by atoms with van der Waals surface area (Å²) in [6, 6.07) is 0.251. The maximum atomic E-state index is 11.6. The highest BCUT2D eigenvalue weighted by atomic mass is 16.5. The second-order valence-electron chi connectivity index (χ2n) is 5.42. The predicted molar refractivity (Wildman–Crippen MR) is 76.6 cm³/mol. The van der Waals surface area contributed by atoms with Gasteiger partial charge in [-0.3, -0.25) is 4.79 Å². The van der Waals surface area contributed by atoms with E-state index in [0.29, 0.717) is 13.0 Å². The molecule has 6 heteroatoms. The lowest BCUT2D eigenvalue weighted by atomic mass is 10.2. The van der Waals surface area contributed by atoms with Crippen molar-refractivity contribution >= 4 is 5.91 Å². The number of hydrogen-bond acceptors (Lipinski definition) is 4. The highest BCUT2D eigenvalue weighted by Crippen LogP contribution is 2.20. The van der Waals surface area contributed by atoms with Crippen LogP contribution in [0.1, 0.15) is 31.0 Å². The Morgan fingerprint density at radius 3 is 2.85 bits per heavy atom. The van der Waals surface area contributed by atoms with Gasteiger partial charge in [-0.2, -0.15) is 5.10 Å². The molecule has 0 saturated carbocycles. The van der Waals surface area contributed by atoms with E-state index in [9.17, 15) is 4.79 Å². The second kappa shape index (κ2) is 6.26. The predicted octanol–water partition coefficient (Wildman–Crippen LogP) is 0.838. The first kappa shape index (κ1) is 14.8. The minimum Gasteiger partial charge on any atom is -0.481 e. The van der Waals surface area contributed by atoms with Gasteiger partial charge in [0.1, 0.15) is 0 Å². The lowest BCUT2D eigenvalue weighted by Crippen LogP contribution is -2.39. The van der Waals surface area contributed by atoms with Crippen molar-refractivity contribution in [3.05, 3.63) is 11.3 Å². The Morgan fingerprint density at radius 2 is 2.25 bits per heavy atom. The van der Waals surface area contributed by atoms with E-state index in [1.807, 2.05) is 18.9 Å². The molecule has 0 bridgehead atoms. The third kappa shape index (κ3) is 3.12. The van der Waals surface area contributed by atoms with E-state index in [-0.39, 0.29) is 11.9 Å². The molecule has 0 radical (unpaired) electrons. The summed E-state index contributed by atoms with van der Waals surface area (Å²) in [6.45, 7) is 6.44. The normalized spacial score (nSPS) is 16.8. The van der Waals surface area contributed by atoms with Crippen LogP contribution in [0.25, 0.3) is 0 Å². The van der Waals surface area contributed by atoms with Crippen molar-refractivity contribution < 1.29 is 9.53 Å². The number of likely N-dealkylation sites (tertiary alicyclic amines) is 1. The SMILES string of the molecule is COc1c(CNC(C)CN2CCCC2=O)c(C)nn1C. The lowest BCUT2D eigenvalue weighted by Gasteiger charge is -2.21. The number of ether oxygens (including phenoxy) is 1. The molecule has 1 atom stereocenters. The smallest absolute Gasteiger partial charge is 0.222 e. The summed E-state index contributed by atoms with van der Waals surface area (Å²) in [5, 5.41) is 7.81. The van der Waals surface area contributed by atoms with E-state index in [0.717, 1.165) is 36.6 Å². The summed E-state index contributed by atoms with van der Waals surface area (Å²) in [7, 11) is 3.54. The highest BCUT2D eigenvalue weighted by molar-refractivity contribution is 5.78. The van der Waals surface area contributed by atoms with Crippen molar-refractivity contribution in [1.29, 1.82) is 0 Å². The third-order valence-electron chi connectivity index (χ3n) is 3.78. The third-order valence-corrected chi connectivity index (χ3v) is 3.78. The number of hydrogen-bond donors (Lipinski definition) is 1. The number of amides is 1. The molecule has 20 heavy (non-hydrogen) atoms. The zero-order chi connectivity index (χ0) is 14.7. The van der Waals surface area contributed by atoms with Gasteiger partial charge in [0.05, 0.1) is 18.4 Å². The maximum absolute atomic E-state index is 11.6. The molecule has 1 amide bonds. The molecule has 0 spiro atoms. The van der Waals surface area contributed by atoms with E-state index in [1.54, 1.807) is 11.8 Å². The van der Waals surface area contributed by atoms with Gasteiger partial charge in [0, 0.05) is 39.1 Å². The van der Waals surface area contributed by atoms with Crippen molar-refractivity contribution in [2.24, 2.45) is 7.05 Å². The number of rotatable bonds is 6. The Morgan fingerprint density at radius 1 is 1.50 bits per heavy atom. The zero-order valence-electron chi connectivity index (χ0n) is 12.8. The molecule has 0 aliphatic carbocycles. The largest absolute Gasteiger partial charge is 0.481 e. The molecule has 1 aromatic heterocycles. The molecule has 6 nitrogen and oxygen atoms in total. The highest BCUT2D eigenvalue weighted by Gasteiger charge is 2.22. The fourth-order valence-electron chi connectivity index (χ4n) is 2.71. The summed E-state index contributed by atoms with van der Waals surface area (Å²) >= 11 is 0. The number of aromatic nitrogens is 2. The van der Waals surface area contributed by atoms with Gasteiger partial charge in [-0.25, -0.2) is 4.68 Å². The molecule has 1 aromatic rings. The first-order valence-electron chi connectivity index (χ1n) is 7.10. The van der Waals surface area contributed by atoms with E-state index in [1.165, 1.54) is 0 Å². The number of carbonyl (C=O) groups is 1. The Labute approximate surface area is 120 Å². The van der Waals surface area contributed by atoms with Gasteiger partial charge in [0.2, 0.25) is 11.8 Å². The average Bonchev–Trinajstić information content (AvgIpc) is 2.91. The van der Waals surface area contributed by atoms with Crippen LogP contribution in [0.15, 0.2) is 0 Å². The van der Waals surface area contributed by atoms with Gasteiger partial charge in [-0.15, -0.1) is 0 Å². The van der Waals surface area contributed by atoms with Crippen LogP contribution in [0.5, 0.6) is 5.88 Å². The van der Waals surface area contributed by atoms with Gasteiger partial charge in [0.15, 0.2) is 0 Å². The van der Waals surface area contributed by atoms with Crippen LogP contribution in [0.4, 0.5) is 0 Å². The van der Waals surface area contributed by atoms with Crippen LogP contribution >= 0.6 is 0 Å². The van der Waals surface area contributed by atoms with Crippen LogP contribution < -0.4 is 10.1 Å². The Bertz CT molecular complexity index is 484. The number of nitrogens with zero attached hydrogens (tertiary/aromatic N) is 3. The second-order valence-corrected chi connectivity index (χ2v) is 5.42. The molecule has 1 unspecified atom stereocenters. The number of carbonyl (C=O) groups excluding carboxylic acids is 1. The fraction of sp³-hybridized carbons (Fsp3) is 0.714. The minimum atomic E-state index is 0.251. The molecule has 1 aliphatic heterocycles. The van der Waals surface area contributed by atoms with Crippen molar-refractivity contribution in [1.82, 2.24) is 20.0 Å². The maximum Gasteiger partial charge on any atom is 0.222 e. The molecule has 1 fully saturated rings. The Kier molecular flexibility index (Phi) is 4.65. The first-order chi connectivity index (χ1) is 9.52.